The van der Waals surface area contributed by atoms with Crippen molar-refractivity contribution in [3.05, 3.63) is 52.9 Å². The molecule has 0 aliphatic heterocycles. The van der Waals surface area contributed by atoms with Crippen molar-refractivity contribution in [2.45, 2.75) is 51.5 Å². The van der Waals surface area contributed by atoms with Crippen LogP contribution in [0, 0.1) is 13.8 Å². The van der Waals surface area contributed by atoms with Gasteiger partial charge in [0.1, 0.15) is 0 Å². The number of nitrogens with zero attached hydrogens (tertiary/aromatic N) is 5. The monoisotopic (exact) mass is 398 g/mol. The van der Waals surface area contributed by atoms with Crippen molar-refractivity contribution >= 4 is 29.0 Å². The van der Waals surface area contributed by atoms with Crippen LogP contribution in [0.25, 0.3) is 16.6 Å². The molecule has 2 N–H and O–H groups in total. The van der Waals surface area contributed by atoms with Crippen LogP contribution in [-0.2, 0) is 18.4 Å². The van der Waals surface area contributed by atoms with E-state index >= 15 is 0 Å². The lowest BCUT2D eigenvalue weighted by molar-refractivity contribution is 0.229. The highest BCUT2D eigenvalue weighted by Crippen LogP contribution is 2.37. The van der Waals surface area contributed by atoms with Crippen molar-refractivity contribution in [1.29, 1.82) is 0 Å². The van der Waals surface area contributed by atoms with Crippen LogP contribution in [0.1, 0.15) is 47.9 Å². The van der Waals surface area contributed by atoms with Crippen LogP contribution in [0.5, 0.6) is 0 Å². The van der Waals surface area contributed by atoms with Gasteiger partial charge in [0.2, 0.25) is 5.89 Å². The maximum Gasteiger partial charge on any atom is 0.227 e. The Bertz CT molecular complexity index is 1160. The van der Waals surface area contributed by atoms with Gasteiger partial charge in [-0.05, 0) is 57.2 Å². The summed E-state index contributed by atoms with van der Waals surface area (Å²) >= 11 is 0. The highest BCUT2D eigenvalue weighted by molar-refractivity contribution is 5.92. The molecule has 0 spiro atoms. The molecule has 5 rings (SSSR count). The SMILES string of the molecule is Cc1nc2c3ccccc3nn2c(C)c1CCc1nc(C2(N)CCC2)no1.Cl. The number of aryl methyl sites for hydroxylation is 3. The maximum atomic E-state index is 6.29. The molecule has 146 valence electrons. The quantitative estimate of drug-likeness (QED) is 0.565. The fourth-order valence-electron chi connectivity index (χ4n) is 3.91. The van der Waals surface area contributed by atoms with E-state index in [0.717, 1.165) is 53.6 Å². The van der Waals surface area contributed by atoms with Crippen LogP contribution in [0.15, 0.2) is 28.8 Å². The summed E-state index contributed by atoms with van der Waals surface area (Å²) in [4.78, 5) is 9.35. The van der Waals surface area contributed by atoms with Crippen LogP contribution >= 0.6 is 12.4 Å². The Labute approximate surface area is 168 Å². The predicted octanol–water partition coefficient (Wildman–Crippen LogP) is 3.43. The van der Waals surface area contributed by atoms with Crippen molar-refractivity contribution in [2.75, 3.05) is 0 Å². The van der Waals surface area contributed by atoms with Gasteiger partial charge in [-0.3, -0.25) is 0 Å². The molecule has 3 heterocycles. The first-order valence-electron chi connectivity index (χ1n) is 9.41. The van der Waals surface area contributed by atoms with Gasteiger partial charge in [0.15, 0.2) is 11.5 Å². The Morgan fingerprint density at radius 2 is 1.93 bits per heavy atom. The number of fused-ring (bicyclic) bond motifs is 3. The Kier molecular flexibility index (Phi) is 4.59. The van der Waals surface area contributed by atoms with Crippen LogP contribution in [-0.4, -0.2) is 24.7 Å². The summed E-state index contributed by atoms with van der Waals surface area (Å²) in [6, 6.07) is 8.09. The molecular formula is C20H23ClN6O. The van der Waals surface area contributed by atoms with Crippen molar-refractivity contribution < 1.29 is 4.52 Å². The third-order valence-corrected chi connectivity index (χ3v) is 5.77. The molecule has 7 nitrogen and oxygen atoms in total. The van der Waals surface area contributed by atoms with E-state index in [1.807, 2.05) is 29.6 Å². The van der Waals surface area contributed by atoms with E-state index in [1.165, 1.54) is 5.56 Å². The molecule has 0 unspecified atom stereocenters. The van der Waals surface area contributed by atoms with E-state index < -0.39 is 0 Å². The fraction of sp³-hybridized carbons (Fsp3) is 0.400. The van der Waals surface area contributed by atoms with Crippen molar-refractivity contribution in [2.24, 2.45) is 5.73 Å². The molecule has 1 saturated carbocycles. The van der Waals surface area contributed by atoms with Crippen LogP contribution < -0.4 is 5.73 Å². The van der Waals surface area contributed by atoms with Gasteiger partial charge in [0.25, 0.3) is 0 Å². The van der Waals surface area contributed by atoms with Gasteiger partial charge >= 0.3 is 0 Å². The van der Waals surface area contributed by atoms with Crippen molar-refractivity contribution in [1.82, 2.24) is 24.7 Å². The first kappa shape index (κ1) is 18.8. The number of aromatic nitrogens is 5. The molecule has 1 aliphatic carbocycles. The number of benzene rings is 1. The summed E-state index contributed by atoms with van der Waals surface area (Å²) in [5, 5.41) is 9.89. The van der Waals surface area contributed by atoms with Gasteiger partial charge in [-0.2, -0.15) is 10.1 Å². The van der Waals surface area contributed by atoms with E-state index in [4.69, 9.17) is 20.3 Å². The van der Waals surface area contributed by atoms with Gasteiger partial charge in [-0.15, -0.1) is 12.4 Å². The Morgan fingerprint density at radius 1 is 1.14 bits per heavy atom. The molecule has 28 heavy (non-hydrogen) atoms. The maximum absolute atomic E-state index is 6.29. The van der Waals surface area contributed by atoms with E-state index in [1.54, 1.807) is 0 Å². The number of halogens is 1. The van der Waals surface area contributed by atoms with E-state index in [9.17, 15) is 0 Å². The summed E-state index contributed by atoms with van der Waals surface area (Å²) in [6.45, 7) is 4.14. The first-order chi connectivity index (χ1) is 13.0. The second-order valence-electron chi connectivity index (χ2n) is 7.54. The molecule has 1 aliphatic rings. The van der Waals surface area contributed by atoms with Gasteiger partial charge < -0.3 is 10.3 Å². The van der Waals surface area contributed by atoms with E-state index in [-0.39, 0.29) is 17.9 Å². The zero-order chi connectivity index (χ0) is 18.6. The van der Waals surface area contributed by atoms with Gasteiger partial charge in [0, 0.05) is 23.2 Å². The third kappa shape index (κ3) is 2.86. The predicted molar refractivity (Wildman–Crippen MR) is 109 cm³/mol. The lowest BCUT2D eigenvalue weighted by atomic mass is 9.77. The molecule has 0 amide bonds. The minimum absolute atomic E-state index is 0. The van der Waals surface area contributed by atoms with E-state index in [0.29, 0.717) is 18.1 Å². The highest BCUT2D eigenvalue weighted by Gasteiger charge is 2.38. The molecule has 1 fully saturated rings. The smallest absolute Gasteiger partial charge is 0.227 e. The minimum atomic E-state index is -0.386. The van der Waals surface area contributed by atoms with Gasteiger partial charge in [0.05, 0.1) is 11.1 Å². The summed E-state index contributed by atoms with van der Waals surface area (Å²) in [7, 11) is 0. The summed E-state index contributed by atoms with van der Waals surface area (Å²) in [5.41, 5.74) is 11.0. The third-order valence-electron chi connectivity index (χ3n) is 5.77. The summed E-state index contributed by atoms with van der Waals surface area (Å²) in [5.74, 6) is 1.27. The molecule has 0 atom stereocenters. The number of hydrogen-bond donors (Lipinski definition) is 1. The Morgan fingerprint density at radius 3 is 2.68 bits per heavy atom. The first-order valence-corrected chi connectivity index (χ1v) is 9.41. The van der Waals surface area contributed by atoms with Crippen molar-refractivity contribution in [3.8, 4) is 0 Å². The lowest BCUT2D eigenvalue weighted by Crippen LogP contribution is -2.44. The molecule has 4 aromatic rings. The average molecular weight is 399 g/mol. The summed E-state index contributed by atoms with van der Waals surface area (Å²) in [6.07, 6.45) is 4.42. The molecule has 8 heteroatoms. The van der Waals surface area contributed by atoms with Crippen LogP contribution in [0.3, 0.4) is 0 Å². The molecule has 0 radical (unpaired) electrons. The normalized spacial score (nSPS) is 15.5. The van der Waals surface area contributed by atoms with Crippen molar-refractivity contribution in [3.63, 3.8) is 0 Å². The molecular weight excluding hydrogens is 376 g/mol. The number of hydrogen-bond acceptors (Lipinski definition) is 6. The van der Waals surface area contributed by atoms with Gasteiger partial charge in [-0.25, -0.2) is 9.50 Å². The number of nitrogens with two attached hydrogens (primary N) is 1. The second kappa shape index (κ2) is 6.83. The average Bonchev–Trinajstić information content (AvgIpc) is 3.25. The lowest BCUT2D eigenvalue weighted by Gasteiger charge is -2.34. The van der Waals surface area contributed by atoms with E-state index in [2.05, 4.69) is 23.1 Å². The number of rotatable bonds is 4. The minimum Gasteiger partial charge on any atom is -0.339 e. The topological polar surface area (TPSA) is 95.1 Å². The second-order valence-corrected chi connectivity index (χ2v) is 7.54. The molecule has 0 bridgehead atoms. The zero-order valence-electron chi connectivity index (χ0n) is 16.0. The largest absolute Gasteiger partial charge is 0.339 e. The van der Waals surface area contributed by atoms with Crippen LogP contribution in [0.2, 0.25) is 0 Å². The van der Waals surface area contributed by atoms with Crippen LogP contribution in [0.4, 0.5) is 0 Å². The highest BCUT2D eigenvalue weighted by atomic mass is 35.5. The fourth-order valence-corrected chi connectivity index (χ4v) is 3.91. The Balaban J connectivity index is 0.00000192. The van der Waals surface area contributed by atoms with Gasteiger partial charge in [-0.1, -0.05) is 17.3 Å². The molecule has 1 aromatic carbocycles. The molecule has 3 aromatic heterocycles. The standard InChI is InChI=1S/C20H22N6O.ClH/c1-12-14(8-9-17-23-19(25-27-17)20(21)10-5-11-20)13(2)26-18(22-12)15-6-3-4-7-16(15)24-26;/h3-4,6-7H,5,8-11,21H2,1-2H3;1H. The summed E-state index contributed by atoms with van der Waals surface area (Å²) < 4.78 is 7.38. The molecule has 0 saturated heterocycles. The zero-order valence-corrected chi connectivity index (χ0v) is 16.8. The Hall–Kier alpha value is -2.51.